The van der Waals surface area contributed by atoms with E-state index in [4.69, 9.17) is 0 Å². The first-order valence-electron chi connectivity index (χ1n) is 7.70. The normalized spacial score (nSPS) is 10.6. The molecular formula is C16H12N5O7+. The van der Waals surface area contributed by atoms with E-state index in [-0.39, 0.29) is 11.4 Å². The second-order valence-corrected chi connectivity index (χ2v) is 5.65. The minimum absolute atomic E-state index is 0.0695. The highest BCUT2D eigenvalue weighted by Crippen LogP contribution is 2.24. The summed E-state index contributed by atoms with van der Waals surface area (Å²) >= 11 is 0. The van der Waals surface area contributed by atoms with Crippen LogP contribution in [0.5, 0.6) is 5.88 Å². The van der Waals surface area contributed by atoms with Gasteiger partial charge in [0.1, 0.15) is 6.07 Å². The fourth-order valence-corrected chi connectivity index (χ4v) is 2.62. The van der Waals surface area contributed by atoms with Gasteiger partial charge in [-0.1, -0.05) is 0 Å². The van der Waals surface area contributed by atoms with E-state index in [1.807, 2.05) is 0 Å². The Balaban J connectivity index is 2.08. The predicted molar refractivity (Wildman–Crippen MR) is 92.8 cm³/mol. The average Bonchev–Trinajstić information content (AvgIpc) is 2.96. The van der Waals surface area contributed by atoms with Crippen LogP contribution in [0.3, 0.4) is 0 Å². The summed E-state index contributed by atoms with van der Waals surface area (Å²) in [4.78, 5) is 44.2. The summed E-state index contributed by atoms with van der Waals surface area (Å²) in [6, 6.07) is 5.98. The summed E-state index contributed by atoms with van der Waals surface area (Å²) in [6.45, 7) is 1.16. The van der Waals surface area contributed by atoms with Gasteiger partial charge < -0.3 is 5.11 Å². The molecule has 2 aromatic heterocycles. The molecule has 3 rings (SSSR count). The molecule has 0 spiro atoms. The van der Waals surface area contributed by atoms with Crippen LogP contribution in [0.15, 0.2) is 53.7 Å². The van der Waals surface area contributed by atoms with E-state index in [1.54, 1.807) is 0 Å². The van der Waals surface area contributed by atoms with Crippen molar-refractivity contribution in [3.8, 4) is 17.3 Å². The maximum absolute atomic E-state index is 12.2. The van der Waals surface area contributed by atoms with Gasteiger partial charge >= 0.3 is 11.4 Å². The van der Waals surface area contributed by atoms with Crippen molar-refractivity contribution in [2.24, 2.45) is 0 Å². The number of nitro groups is 2. The van der Waals surface area contributed by atoms with Crippen molar-refractivity contribution in [1.29, 1.82) is 0 Å². The zero-order valence-electron chi connectivity index (χ0n) is 14.3. The number of rotatable bonds is 4. The molecule has 0 bridgehead atoms. The minimum Gasteiger partial charge on any atom is -0.493 e. The second-order valence-electron chi connectivity index (χ2n) is 5.65. The summed E-state index contributed by atoms with van der Waals surface area (Å²) in [6.07, 6.45) is 3.73. The van der Waals surface area contributed by atoms with Crippen molar-refractivity contribution >= 4 is 17.3 Å². The molecule has 3 aromatic rings. The maximum Gasteiger partial charge on any atom is 0.347 e. The number of benzene rings is 1. The van der Waals surface area contributed by atoms with Crippen LogP contribution < -0.4 is 10.3 Å². The van der Waals surface area contributed by atoms with Crippen molar-refractivity contribution in [1.82, 2.24) is 9.13 Å². The first kappa shape index (κ1) is 18.4. The molecule has 2 heterocycles. The van der Waals surface area contributed by atoms with Gasteiger partial charge in [0.2, 0.25) is 11.8 Å². The predicted octanol–water partition coefficient (Wildman–Crippen LogP) is 1.10. The number of hydrogen-bond donors (Lipinski definition) is 1. The lowest BCUT2D eigenvalue weighted by molar-refractivity contribution is -0.600. The first-order valence-corrected chi connectivity index (χ1v) is 7.70. The number of pyridine rings is 1. The number of hydrogen-bond acceptors (Lipinski definition) is 7. The molecule has 0 unspecified atom stereocenters. The fraction of sp³-hybridized carbons (Fsp3) is 0.0625. The highest BCUT2D eigenvalue weighted by molar-refractivity contribution is 5.76. The summed E-state index contributed by atoms with van der Waals surface area (Å²) in [7, 11) is 0. The number of carbonyl (C=O) groups is 1. The van der Waals surface area contributed by atoms with Crippen molar-refractivity contribution < 1.29 is 24.3 Å². The molecule has 0 amide bonds. The number of nitrogens with zero attached hydrogens (tertiary/aromatic N) is 5. The van der Waals surface area contributed by atoms with Gasteiger partial charge in [-0.3, -0.25) is 25.0 Å². The molecule has 0 atom stereocenters. The van der Waals surface area contributed by atoms with E-state index in [1.165, 1.54) is 35.2 Å². The third-order valence-corrected chi connectivity index (χ3v) is 3.92. The van der Waals surface area contributed by atoms with Gasteiger partial charge in [-0.25, -0.2) is 13.9 Å². The molecule has 1 N–H and O–H groups in total. The molecule has 0 saturated carbocycles. The van der Waals surface area contributed by atoms with E-state index in [9.17, 15) is 34.9 Å². The van der Waals surface area contributed by atoms with E-state index in [0.717, 1.165) is 34.4 Å². The molecule has 0 radical (unpaired) electrons. The highest BCUT2D eigenvalue weighted by atomic mass is 16.6. The van der Waals surface area contributed by atoms with Crippen LogP contribution in [0, 0.1) is 20.2 Å². The third-order valence-electron chi connectivity index (χ3n) is 3.92. The summed E-state index contributed by atoms with van der Waals surface area (Å²) < 4.78 is 2.95. The van der Waals surface area contributed by atoms with E-state index in [0.29, 0.717) is 0 Å². The number of aromatic hydroxyl groups is 1. The van der Waals surface area contributed by atoms with Gasteiger partial charge in [-0.05, 0) is 0 Å². The highest BCUT2D eigenvalue weighted by Gasteiger charge is 2.26. The zero-order valence-corrected chi connectivity index (χ0v) is 14.3. The van der Waals surface area contributed by atoms with Crippen LogP contribution in [0.1, 0.15) is 11.7 Å². The number of aromatic nitrogens is 3. The Labute approximate surface area is 155 Å². The number of imidazole rings is 1. The standard InChI is InChI=1S/C16H11N5O7/c1-10(22)18-9-15(23)19(16(18)24)11-4-6-17(7-5-11)13-3-2-12(20(25)26)8-14(13)21(27)28/h2-9H,1H3/p+1. The van der Waals surface area contributed by atoms with Crippen LogP contribution in [0.4, 0.5) is 11.4 Å². The maximum atomic E-state index is 12.2. The molecule has 1 aromatic carbocycles. The van der Waals surface area contributed by atoms with Gasteiger partial charge in [0.25, 0.3) is 11.4 Å². The van der Waals surface area contributed by atoms with E-state index < -0.39 is 38.7 Å². The Morgan fingerprint density at radius 3 is 2.25 bits per heavy atom. The molecule has 12 heteroatoms. The van der Waals surface area contributed by atoms with Gasteiger partial charge in [-0.15, -0.1) is 0 Å². The van der Waals surface area contributed by atoms with Crippen molar-refractivity contribution in [2.75, 3.05) is 0 Å². The number of nitro benzene ring substituents is 2. The monoisotopic (exact) mass is 386 g/mol. The molecule has 12 nitrogen and oxygen atoms in total. The van der Waals surface area contributed by atoms with Crippen molar-refractivity contribution in [3.63, 3.8) is 0 Å². The van der Waals surface area contributed by atoms with E-state index in [2.05, 4.69) is 0 Å². The number of non-ortho nitro benzene ring substituents is 1. The molecule has 0 aliphatic heterocycles. The first-order chi connectivity index (χ1) is 13.2. The minimum atomic E-state index is -0.774. The average molecular weight is 386 g/mol. The molecule has 0 fully saturated rings. The molecule has 0 saturated heterocycles. The Kier molecular flexibility index (Phi) is 4.45. The van der Waals surface area contributed by atoms with Gasteiger partial charge in [-0.2, -0.15) is 4.57 Å². The Morgan fingerprint density at radius 2 is 1.75 bits per heavy atom. The van der Waals surface area contributed by atoms with Gasteiger partial charge in [0, 0.05) is 31.2 Å². The molecule has 0 aliphatic rings. The van der Waals surface area contributed by atoms with Crippen LogP contribution in [-0.4, -0.2) is 30.0 Å². The lowest BCUT2D eigenvalue weighted by Crippen LogP contribution is -2.31. The third kappa shape index (κ3) is 3.09. The lowest BCUT2D eigenvalue weighted by Gasteiger charge is -2.02. The largest absolute Gasteiger partial charge is 0.493 e. The smallest absolute Gasteiger partial charge is 0.347 e. The van der Waals surface area contributed by atoms with Gasteiger partial charge in [0.05, 0.1) is 21.7 Å². The lowest BCUT2D eigenvalue weighted by atomic mass is 10.2. The van der Waals surface area contributed by atoms with Crippen LogP contribution in [0.25, 0.3) is 11.4 Å². The molecule has 0 aliphatic carbocycles. The topological polar surface area (TPSA) is 154 Å². The summed E-state index contributed by atoms with van der Waals surface area (Å²) in [5.41, 5.74) is -1.39. The van der Waals surface area contributed by atoms with Crippen LogP contribution >= 0.6 is 0 Å². The van der Waals surface area contributed by atoms with Crippen LogP contribution in [0.2, 0.25) is 0 Å². The van der Waals surface area contributed by atoms with Crippen LogP contribution in [-0.2, 0) is 0 Å². The summed E-state index contributed by atoms with van der Waals surface area (Å²) in [5.74, 6) is -1.04. The van der Waals surface area contributed by atoms with Gasteiger partial charge in [0.15, 0.2) is 12.4 Å². The molecular weight excluding hydrogens is 374 g/mol. The Hall–Kier alpha value is -4.35. The van der Waals surface area contributed by atoms with E-state index >= 15 is 0 Å². The second kappa shape index (κ2) is 6.75. The number of carbonyl (C=O) groups excluding carboxylic acids is 1. The van der Waals surface area contributed by atoms with Crippen molar-refractivity contribution in [3.05, 3.63) is 79.6 Å². The SMILES string of the molecule is CC(=O)n1cc(O)n(-c2cc[n+](-c3ccc([N+](=O)[O-])cc3[N+](=O)[O-])cc2)c1=O. The fourth-order valence-electron chi connectivity index (χ4n) is 2.62. The van der Waals surface area contributed by atoms with Crippen molar-refractivity contribution in [2.45, 2.75) is 6.92 Å². The Morgan fingerprint density at radius 1 is 1.11 bits per heavy atom. The Bertz CT molecular complexity index is 1180. The molecule has 28 heavy (non-hydrogen) atoms. The summed E-state index contributed by atoms with van der Waals surface area (Å²) in [5, 5.41) is 32.0. The quantitative estimate of drug-likeness (QED) is 0.400. The zero-order chi connectivity index (χ0) is 20.6. The molecule has 142 valence electrons.